The van der Waals surface area contributed by atoms with Gasteiger partial charge in [0.05, 0.1) is 12.1 Å². The number of hydrogen-bond acceptors (Lipinski definition) is 5. The summed E-state index contributed by atoms with van der Waals surface area (Å²) >= 11 is 0. The largest absolute Gasteiger partial charge is 0.488 e. The molecule has 6 heteroatoms. The molecule has 0 aliphatic carbocycles. The smallest absolute Gasteiger partial charge is 0.255 e. The van der Waals surface area contributed by atoms with E-state index in [9.17, 15) is 4.79 Å². The molecule has 0 unspecified atom stereocenters. The number of rotatable bonds is 2. The van der Waals surface area contributed by atoms with Crippen LogP contribution in [-0.4, -0.2) is 47.0 Å². The average Bonchev–Trinajstić information content (AvgIpc) is 2.78. The number of likely N-dealkylation sites (tertiary alicyclic amines) is 1. The van der Waals surface area contributed by atoms with Gasteiger partial charge >= 0.3 is 0 Å². The van der Waals surface area contributed by atoms with E-state index in [1.807, 2.05) is 23.2 Å². The quantitative estimate of drug-likeness (QED) is 0.683. The number of fused-ring (bicyclic) bond motifs is 2. The summed E-state index contributed by atoms with van der Waals surface area (Å²) in [5, 5.41) is 2.24. The van der Waals surface area contributed by atoms with Gasteiger partial charge in [-0.3, -0.25) is 9.78 Å². The highest BCUT2D eigenvalue weighted by Gasteiger charge is 2.25. The van der Waals surface area contributed by atoms with Gasteiger partial charge in [0.25, 0.3) is 5.91 Å². The van der Waals surface area contributed by atoms with Crippen molar-refractivity contribution in [1.82, 2.24) is 14.9 Å². The van der Waals surface area contributed by atoms with E-state index in [0.717, 1.165) is 54.8 Å². The van der Waals surface area contributed by atoms with Crippen LogP contribution < -0.4 is 9.64 Å². The summed E-state index contributed by atoms with van der Waals surface area (Å²) in [7, 11) is 0. The number of ether oxygens (including phenoxy) is 1. The first-order valence-corrected chi connectivity index (χ1v) is 9.83. The highest BCUT2D eigenvalue weighted by atomic mass is 16.5. The van der Waals surface area contributed by atoms with Crippen molar-refractivity contribution in [3.8, 4) is 5.75 Å². The molecule has 1 fully saturated rings. The van der Waals surface area contributed by atoms with Crippen molar-refractivity contribution in [2.75, 3.05) is 31.1 Å². The van der Waals surface area contributed by atoms with Crippen LogP contribution in [0, 0.1) is 0 Å². The summed E-state index contributed by atoms with van der Waals surface area (Å²) in [6.07, 6.45) is 8.70. The number of pyridine rings is 2. The Kier molecular flexibility index (Phi) is 4.31. The molecule has 0 atom stereocenters. The summed E-state index contributed by atoms with van der Waals surface area (Å²) < 4.78 is 5.86. The summed E-state index contributed by atoms with van der Waals surface area (Å²) in [6, 6.07) is 10.1. The molecule has 5 rings (SSSR count). The van der Waals surface area contributed by atoms with Gasteiger partial charge in [0.15, 0.2) is 11.6 Å². The minimum Gasteiger partial charge on any atom is -0.488 e. The van der Waals surface area contributed by atoms with Crippen molar-refractivity contribution in [3.63, 3.8) is 0 Å². The maximum Gasteiger partial charge on any atom is 0.255 e. The van der Waals surface area contributed by atoms with Crippen LogP contribution in [0.5, 0.6) is 5.75 Å². The van der Waals surface area contributed by atoms with E-state index in [-0.39, 0.29) is 5.91 Å². The van der Waals surface area contributed by atoms with E-state index in [2.05, 4.69) is 33.1 Å². The van der Waals surface area contributed by atoms with Crippen LogP contribution >= 0.6 is 0 Å². The molecule has 2 aliphatic rings. The predicted octanol–water partition coefficient (Wildman–Crippen LogP) is 3.79. The molecule has 142 valence electrons. The normalized spacial score (nSPS) is 16.6. The number of benzene rings is 1. The van der Waals surface area contributed by atoms with Crippen molar-refractivity contribution in [2.24, 2.45) is 0 Å². The zero-order valence-electron chi connectivity index (χ0n) is 15.7. The van der Waals surface area contributed by atoms with E-state index >= 15 is 0 Å². The van der Waals surface area contributed by atoms with Crippen molar-refractivity contribution < 1.29 is 9.53 Å². The van der Waals surface area contributed by atoms with Crippen LogP contribution in [0.2, 0.25) is 0 Å². The Bertz CT molecular complexity index is 1030. The number of anilines is 2. The van der Waals surface area contributed by atoms with Crippen molar-refractivity contribution in [1.29, 1.82) is 0 Å². The molecule has 1 saturated heterocycles. The van der Waals surface area contributed by atoms with Gasteiger partial charge in [-0.15, -0.1) is 0 Å². The number of carbonyl (C=O) groups excluding carboxylic acids is 1. The SMILES string of the molecule is O=C(c1cnc2c(c1)OCCN2c1ccc2cnccc2c1)N1CCCCC1. The Labute approximate surface area is 163 Å². The van der Waals surface area contributed by atoms with E-state index in [1.165, 1.54) is 6.42 Å². The van der Waals surface area contributed by atoms with Crippen LogP contribution in [0.1, 0.15) is 29.6 Å². The lowest BCUT2D eigenvalue weighted by Crippen LogP contribution is -2.36. The van der Waals surface area contributed by atoms with Gasteiger partial charge in [-0.05, 0) is 48.9 Å². The standard InChI is InChI=1S/C22H22N4O2/c27-22(25-8-2-1-3-9-25)18-13-20-21(24-15-18)26(10-11-28-20)19-5-4-17-14-23-7-6-16(17)12-19/h4-7,12-15H,1-3,8-11H2. The lowest BCUT2D eigenvalue weighted by Gasteiger charge is -2.31. The molecular formula is C22H22N4O2. The second kappa shape index (κ2) is 7.11. The van der Waals surface area contributed by atoms with Crippen LogP contribution in [0.25, 0.3) is 10.8 Å². The van der Waals surface area contributed by atoms with Gasteiger partial charge in [-0.1, -0.05) is 6.07 Å². The number of amides is 1. The summed E-state index contributed by atoms with van der Waals surface area (Å²) in [4.78, 5) is 25.7. The molecule has 0 saturated carbocycles. The van der Waals surface area contributed by atoms with Crippen LogP contribution in [-0.2, 0) is 0 Å². The monoisotopic (exact) mass is 374 g/mol. The third-order valence-electron chi connectivity index (χ3n) is 5.49. The lowest BCUT2D eigenvalue weighted by molar-refractivity contribution is 0.0723. The highest BCUT2D eigenvalue weighted by molar-refractivity contribution is 5.95. The summed E-state index contributed by atoms with van der Waals surface area (Å²) in [6.45, 7) is 2.93. The van der Waals surface area contributed by atoms with Gasteiger partial charge < -0.3 is 14.5 Å². The Morgan fingerprint density at radius 1 is 0.964 bits per heavy atom. The van der Waals surface area contributed by atoms with Gasteiger partial charge in [0.1, 0.15) is 6.61 Å². The Balaban J connectivity index is 1.46. The third kappa shape index (κ3) is 3.05. The first-order chi connectivity index (χ1) is 13.8. The second-order valence-corrected chi connectivity index (χ2v) is 7.31. The first kappa shape index (κ1) is 17.0. The van der Waals surface area contributed by atoms with Crippen LogP contribution in [0.15, 0.2) is 48.9 Å². The molecule has 0 N–H and O–H groups in total. The van der Waals surface area contributed by atoms with Crippen LogP contribution in [0.3, 0.4) is 0 Å². The van der Waals surface area contributed by atoms with E-state index in [0.29, 0.717) is 17.9 Å². The number of carbonyl (C=O) groups is 1. The van der Waals surface area contributed by atoms with Gasteiger partial charge in [-0.25, -0.2) is 4.98 Å². The average molecular weight is 374 g/mol. The number of nitrogens with zero attached hydrogens (tertiary/aromatic N) is 4. The van der Waals surface area contributed by atoms with Crippen molar-refractivity contribution in [2.45, 2.75) is 19.3 Å². The number of hydrogen-bond donors (Lipinski definition) is 0. The molecule has 1 amide bonds. The Morgan fingerprint density at radius 2 is 1.86 bits per heavy atom. The molecule has 3 aromatic rings. The number of aromatic nitrogens is 2. The van der Waals surface area contributed by atoms with Crippen molar-refractivity contribution >= 4 is 28.2 Å². The van der Waals surface area contributed by atoms with E-state index < -0.39 is 0 Å². The fraction of sp³-hybridized carbons (Fsp3) is 0.318. The molecule has 2 aliphatic heterocycles. The summed E-state index contributed by atoms with van der Waals surface area (Å²) in [5.74, 6) is 1.48. The molecule has 6 nitrogen and oxygen atoms in total. The maximum atomic E-state index is 12.8. The predicted molar refractivity (Wildman–Crippen MR) is 108 cm³/mol. The molecule has 0 radical (unpaired) electrons. The molecule has 4 heterocycles. The first-order valence-electron chi connectivity index (χ1n) is 9.83. The maximum absolute atomic E-state index is 12.8. The van der Waals surface area contributed by atoms with E-state index in [1.54, 1.807) is 12.4 Å². The van der Waals surface area contributed by atoms with Gasteiger partial charge in [0.2, 0.25) is 0 Å². The van der Waals surface area contributed by atoms with Crippen molar-refractivity contribution in [3.05, 3.63) is 54.5 Å². The minimum absolute atomic E-state index is 0.0499. The third-order valence-corrected chi connectivity index (χ3v) is 5.49. The Morgan fingerprint density at radius 3 is 2.75 bits per heavy atom. The lowest BCUT2D eigenvalue weighted by atomic mass is 10.1. The van der Waals surface area contributed by atoms with Gasteiger partial charge in [-0.2, -0.15) is 0 Å². The summed E-state index contributed by atoms with van der Waals surface area (Å²) in [5.41, 5.74) is 1.66. The zero-order chi connectivity index (χ0) is 18.9. The van der Waals surface area contributed by atoms with E-state index in [4.69, 9.17) is 4.74 Å². The fourth-order valence-corrected chi connectivity index (χ4v) is 3.99. The molecule has 28 heavy (non-hydrogen) atoms. The number of piperidine rings is 1. The zero-order valence-corrected chi connectivity index (χ0v) is 15.7. The molecule has 1 aromatic carbocycles. The highest BCUT2D eigenvalue weighted by Crippen LogP contribution is 2.36. The second-order valence-electron chi connectivity index (χ2n) is 7.31. The van der Waals surface area contributed by atoms with Gasteiger partial charge in [0, 0.05) is 42.8 Å². The minimum atomic E-state index is 0.0499. The van der Waals surface area contributed by atoms with Crippen LogP contribution in [0.4, 0.5) is 11.5 Å². The molecule has 0 spiro atoms. The Hall–Kier alpha value is -3.15. The molecule has 2 aromatic heterocycles. The fourth-order valence-electron chi connectivity index (χ4n) is 3.99. The molecular weight excluding hydrogens is 352 g/mol. The topological polar surface area (TPSA) is 58.6 Å². The molecule has 0 bridgehead atoms.